The Hall–Kier alpha value is -1.58. The number of aromatic nitrogens is 1. The average Bonchev–Trinajstić information content (AvgIpc) is 2.84. The summed E-state index contributed by atoms with van der Waals surface area (Å²) in [5, 5.41) is 11.0. The predicted molar refractivity (Wildman–Crippen MR) is 83.7 cm³/mol. The van der Waals surface area contributed by atoms with Gasteiger partial charge >= 0.3 is 0 Å². The predicted octanol–water partition coefficient (Wildman–Crippen LogP) is 2.80. The molecule has 0 amide bonds. The molecule has 0 spiro atoms. The number of aliphatic hydroxyl groups is 1. The van der Waals surface area contributed by atoms with Crippen LogP contribution in [0.1, 0.15) is 18.1 Å². The molecule has 1 aromatic heterocycles. The van der Waals surface area contributed by atoms with Crippen LogP contribution in [0.15, 0.2) is 30.5 Å². The summed E-state index contributed by atoms with van der Waals surface area (Å²) in [6.07, 6.45) is 4.30. The summed E-state index contributed by atoms with van der Waals surface area (Å²) in [6, 6.07) is 6.61. The summed E-state index contributed by atoms with van der Waals surface area (Å²) < 4.78 is 0. The molecule has 2 N–H and O–H groups in total. The van der Waals surface area contributed by atoms with E-state index in [1.165, 1.54) is 27.6 Å². The minimum Gasteiger partial charge on any atom is -0.394 e. The molecule has 2 heterocycles. The van der Waals surface area contributed by atoms with Crippen molar-refractivity contribution in [3.05, 3.63) is 41.6 Å². The number of aryl methyl sites for hydroxylation is 1. The molecule has 1 aliphatic rings. The van der Waals surface area contributed by atoms with E-state index in [2.05, 4.69) is 55.1 Å². The number of nitrogens with one attached hydrogen (secondary N) is 1. The molecule has 3 heteroatoms. The lowest BCUT2D eigenvalue weighted by atomic mass is 9.88. The number of hydrogen-bond acceptors (Lipinski definition) is 2. The first-order chi connectivity index (χ1) is 9.60. The minimum atomic E-state index is 0.0829. The Kier molecular flexibility index (Phi) is 3.40. The van der Waals surface area contributed by atoms with E-state index < -0.39 is 0 Å². The molecule has 1 unspecified atom stereocenters. The van der Waals surface area contributed by atoms with Gasteiger partial charge in [0, 0.05) is 23.7 Å². The van der Waals surface area contributed by atoms with E-state index in [9.17, 15) is 5.11 Å². The van der Waals surface area contributed by atoms with Gasteiger partial charge in [-0.2, -0.15) is 0 Å². The summed E-state index contributed by atoms with van der Waals surface area (Å²) in [6.45, 7) is 5.51. The van der Waals surface area contributed by atoms with Crippen LogP contribution in [0.5, 0.6) is 0 Å². The topological polar surface area (TPSA) is 39.3 Å². The molecular formula is C17H22N2O. The quantitative estimate of drug-likeness (QED) is 0.881. The highest BCUT2D eigenvalue weighted by Crippen LogP contribution is 2.33. The molecule has 3 rings (SSSR count). The molecule has 0 saturated heterocycles. The third kappa shape index (κ3) is 2.17. The molecule has 0 aliphatic carbocycles. The minimum absolute atomic E-state index is 0.0829. The van der Waals surface area contributed by atoms with Crippen molar-refractivity contribution in [3.63, 3.8) is 0 Å². The number of rotatable bonds is 2. The van der Waals surface area contributed by atoms with E-state index in [4.69, 9.17) is 0 Å². The average molecular weight is 270 g/mol. The second-order valence-electron chi connectivity index (χ2n) is 5.99. The summed E-state index contributed by atoms with van der Waals surface area (Å²) in [7, 11) is 2.09. The van der Waals surface area contributed by atoms with Crippen molar-refractivity contribution in [1.29, 1.82) is 0 Å². The third-order valence-corrected chi connectivity index (χ3v) is 4.22. The summed E-state index contributed by atoms with van der Waals surface area (Å²) in [5.41, 5.74) is 4.89. The Morgan fingerprint density at radius 3 is 2.95 bits per heavy atom. The molecule has 0 bridgehead atoms. The van der Waals surface area contributed by atoms with Gasteiger partial charge in [-0.05, 0) is 49.2 Å². The van der Waals surface area contributed by atoms with Crippen molar-refractivity contribution in [2.45, 2.75) is 19.9 Å². The number of fused-ring (bicyclic) bond motifs is 1. The van der Waals surface area contributed by atoms with Crippen LogP contribution in [0.4, 0.5) is 0 Å². The van der Waals surface area contributed by atoms with Gasteiger partial charge in [-0.1, -0.05) is 13.0 Å². The van der Waals surface area contributed by atoms with E-state index in [-0.39, 0.29) is 12.6 Å². The van der Waals surface area contributed by atoms with Gasteiger partial charge in [-0.3, -0.25) is 4.90 Å². The van der Waals surface area contributed by atoms with E-state index in [1.54, 1.807) is 0 Å². The van der Waals surface area contributed by atoms with Crippen molar-refractivity contribution in [3.8, 4) is 0 Å². The molecule has 0 saturated carbocycles. The number of H-pyrrole nitrogens is 1. The number of nitrogens with zero attached hydrogens (tertiary/aromatic N) is 1. The Labute approximate surface area is 119 Å². The largest absolute Gasteiger partial charge is 0.394 e. The van der Waals surface area contributed by atoms with Gasteiger partial charge in [0.2, 0.25) is 0 Å². The Morgan fingerprint density at radius 2 is 2.20 bits per heavy atom. The van der Waals surface area contributed by atoms with E-state index in [1.807, 2.05) is 6.20 Å². The van der Waals surface area contributed by atoms with E-state index in [0.29, 0.717) is 5.92 Å². The lowest BCUT2D eigenvalue weighted by molar-refractivity contribution is 0.167. The molecule has 106 valence electrons. The van der Waals surface area contributed by atoms with Crippen molar-refractivity contribution in [1.82, 2.24) is 9.88 Å². The van der Waals surface area contributed by atoms with Crippen LogP contribution in [0.25, 0.3) is 16.5 Å². The van der Waals surface area contributed by atoms with Gasteiger partial charge in [0.1, 0.15) is 0 Å². The van der Waals surface area contributed by atoms with Gasteiger partial charge in [0.25, 0.3) is 0 Å². The first kappa shape index (κ1) is 13.4. The molecule has 0 fully saturated rings. The molecule has 2 aromatic rings. The van der Waals surface area contributed by atoms with Crippen molar-refractivity contribution < 1.29 is 5.11 Å². The normalized spacial score (nSPS) is 24.1. The second kappa shape index (κ2) is 5.08. The number of benzene rings is 1. The fourth-order valence-electron chi connectivity index (χ4n) is 3.35. The maximum atomic E-state index is 9.78. The highest BCUT2D eigenvalue weighted by Gasteiger charge is 2.27. The lowest BCUT2D eigenvalue weighted by Gasteiger charge is -2.35. The number of aliphatic hydroxyl groups excluding tert-OH is 1. The van der Waals surface area contributed by atoms with Gasteiger partial charge in [0.15, 0.2) is 0 Å². The highest BCUT2D eigenvalue weighted by molar-refractivity contribution is 5.93. The third-order valence-electron chi connectivity index (χ3n) is 4.22. The van der Waals surface area contributed by atoms with Gasteiger partial charge in [-0.15, -0.1) is 0 Å². The maximum absolute atomic E-state index is 9.78. The number of hydrogen-bond donors (Lipinski definition) is 2. The molecule has 3 nitrogen and oxygen atoms in total. The fourth-order valence-corrected chi connectivity index (χ4v) is 3.35. The van der Waals surface area contributed by atoms with Crippen LogP contribution in [-0.4, -0.2) is 41.2 Å². The van der Waals surface area contributed by atoms with Gasteiger partial charge in [0.05, 0.1) is 18.2 Å². The molecule has 1 aliphatic heterocycles. The molecular weight excluding hydrogens is 248 g/mol. The van der Waals surface area contributed by atoms with Crippen LogP contribution >= 0.6 is 0 Å². The first-order valence-corrected chi connectivity index (χ1v) is 7.21. The van der Waals surface area contributed by atoms with Crippen LogP contribution < -0.4 is 0 Å². The van der Waals surface area contributed by atoms with Crippen LogP contribution in [0.2, 0.25) is 0 Å². The maximum Gasteiger partial charge on any atom is 0.0628 e. The van der Waals surface area contributed by atoms with Crippen molar-refractivity contribution in [2.75, 3.05) is 20.2 Å². The summed E-state index contributed by atoms with van der Waals surface area (Å²) in [5.74, 6) is 0.503. The Morgan fingerprint density at radius 1 is 1.40 bits per heavy atom. The van der Waals surface area contributed by atoms with Gasteiger partial charge < -0.3 is 10.1 Å². The van der Waals surface area contributed by atoms with Crippen LogP contribution in [-0.2, 0) is 0 Å². The monoisotopic (exact) mass is 270 g/mol. The SMILES string of the molecule is Cc1cc(C2=CC(C)CN(C)[C@@H]2CO)c2[nH]ccc2c1. The van der Waals surface area contributed by atoms with E-state index >= 15 is 0 Å². The zero-order valence-corrected chi connectivity index (χ0v) is 12.4. The van der Waals surface area contributed by atoms with Gasteiger partial charge in [-0.25, -0.2) is 0 Å². The molecule has 0 radical (unpaired) electrons. The lowest BCUT2D eigenvalue weighted by Crippen LogP contribution is -2.41. The molecule has 2 atom stereocenters. The Balaban J connectivity index is 2.20. The smallest absolute Gasteiger partial charge is 0.0628 e. The second-order valence-corrected chi connectivity index (χ2v) is 5.99. The number of likely N-dealkylation sites (N-methyl/N-ethyl adjacent to an activating group) is 1. The molecule has 20 heavy (non-hydrogen) atoms. The van der Waals surface area contributed by atoms with Crippen LogP contribution in [0.3, 0.4) is 0 Å². The summed E-state index contributed by atoms with van der Waals surface area (Å²) in [4.78, 5) is 5.59. The standard InChI is InChI=1S/C17H22N2O/c1-11-6-13-4-5-18-17(13)15(7-11)14-8-12(2)9-19(3)16(14)10-20/h4-8,12,16,18,20H,9-10H2,1-3H3/t12?,16-/m1/s1. The number of aromatic amines is 1. The summed E-state index contributed by atoms with van der Waals surface area (Å²) >= 11 is 0. The Bertz CT molecular complexity index is 656. The van der Waals surface area contributed by atoms with E-state index in [0.717, 1.165) is 6.54 Å². The zero-order chi connectivity index (χ0) is 14.3. The van der Waals surface area contributed by atoms with Crippen LogP contribution in [0, 0.1) is 12.8 Å². The first-order valence-electron chi connectivity index (χ1n) is 7.21. The zero-order valence-electron chi connectivity index (χ0n) is 12.4. The van der Waals surface area contributed by atoms with Crippen molar-refractivity contribution >= 4 is 16.5 Å². The van der Waals surface area contributed by atoms with Crippen molar-refractivity contribution in [2.24, 2.45) is 5.92 Å². The fraction of sp³-hybridized carbons (Fsp3) is 0.412. The molecule has 1 aromatic carbocycles. The highest BCUT2D eigenvalue weighted by atomic mass is 16.3.